The van der Waals surface area contributed by atoms with E-state index in [0.717, 1.165) is 51.3 Å². The van der Waals surface area contributed by atoms with Crippen LogP contribution in [0.5, 0.6) is 0 Å². The average Bonchev–Trinajstić information content (AvgIpc) is 1.54. The van der Waals surface area contributed by atoms with Crippen LogP contribution in [-0.2, 0) is 6.42 Å². The molecule has 0 unspecified atom stereocenters. The summed E-state index contributed by atoms with van der Waals surface area (Å²) < 4.78 is 0. The number of benzene rings is 11. The molecule has 11 aromatic carbocycles. The van der Waals surface area contributed by atoms with Crippen molar-refractivity contribution in [2.45, 2.75) is 145 Å². The van der Waals surface area contributed by atoms with E-state index in [1.807, 2.05) is 284 Å². The van der Waals surface area contributed by atoms with Crippen LogP contribution in [0.15, 0.2) is 370 Å². The summed E-state index contributed by atoms with van der Waals surface area (Å²) in [6, 6.07) is 121. The Hall–Kier alpha value is -11.1. The summed E-state index contributed by atoms with van der Waals surface area (Å²) in [6.45, 7) is 40.0. The van der Waals surface area contributed by atoms with Crippen LogP contribution in [0.3, 0.4) is 0 Å². The van der Waals surface area contributed by atoms with Crippen LogP contribution in [0.1, 0.15) is 150 Å². The van der Waals surface area contributed by atoms with Gasteiger partial charge in [-0.25, -0.2) is 4.98 Å². The van der Waals surface area contributed by atoms with E-state index >= 15 is 0 Å². The van der Waals surface area contributed by atoms with Gasteiger partial charge in [-0.2, -0.15) is 0 Å². The molecule has 1 aliphatic carbocycles. The van der Waals surface area contributed by atoms with Crippen LogP contribution in [0, 0.1) is 0 Å². The summed E-state index contributed by atoms with van der Waals surface area (Å²) in [5, 5.41) is 0. The molecule has 0 aliphatic heterocycles. The van der Waals surface area contributed by atoms with E-state index in [9.17, 15) is 0 Å². The van der Waals surface area contributed by atoms with Gasteiger partial charge in [-0.1, -0.05) is 454 Å². The monoisotopic (exact) mass is 1390 g/mol. The van der Waals surface area contributed by atoms with Gasteiger partial charge >= 0.3 is 0 Å². The van der Waals surface area contributed by atoms with Crippen molar-refractivity contribution in [1.29, 1.82) is 0 Å². The smallest absolute Gasteiger partial charge is 0.0709 e. The van der Waals surface area contributed by atoms with E-state index in [0.29, 0.717) is 0 Å². The molecule has 0 bridgehead atoms. The summed E-state index contributed by atoms with van der Waals surface area (Å²) in [5.74, 6) is 0. The number of fused-ring (bicyclic) bond motifs is 3. The number of aromatic nitrogens is 3. The third-order valence-electron chi connectivity index (χ3n) is 14.6. The first-order valence-electron chi connectivity index (χ1n) is 38.8. The van der Waals surface area contributed by atoms with Gasteiger partial charge in [0.05, 0.1) is 17.1 Å². The molecule has 3 nitrogen and oxygen atoms in total. The molecule has 3 heteroatoms. The fraction of sp³-hybridized carbons (Fsp3) is 0.206. The number of nitrogens with zero attached hydrogens (tertiary/aromatic N) is 3. The first kappa shape index (κ1) is 91.9. The van der Waals surface area contributed by atoms with Gasteiger partial charge in [-0.05, 0) is 110 Å². The highest BCUT2D eigenvalue weighted by Crippen LogP contribution is 2.36. The van der Waals surface area contributed by atoms with Crippen LogP contribution in [0.4, 0.5) is 0 Å². The molecule has 0 saturated carbocycles. The summed E-state index contributed by atoms with van der Waals surface area (Å²) in [7, 11) is 0. The molecular formula is C102H123N3. The highest BCUT2D eigenvalue weighted by atomic mass is 14.7. The van der Waals surface area contributed by atoms with E-state index in [4.69, 9.17) is 4.98 Å². The second-order valence-electron chi connectivity index (χ2n) is 20.3. The van der Waals surface area contributed by atoms with Crippen molar-refractivity contribution < 1.29 is 0 Å². The minimum absolute atomic E-state index is 1.01. The third-order valence-corrected chi connectivity index (χ3v) is 14.6. The first-order valence-corrected chi connectivity index (χ1v) is 38.8. The van der Waals surface area contributed by atoms with Crippen molar-refractivity contribution in [3.8, 4) is 101 Å². The third kappa shape index (κ3) is 32.0. The zero-order chi connectivity index (χ0) is 77.5. The van der Waals surface area contributed by atoms with Crippen molar-refractivity contribution in [3.63, 3.8) is 0 Å². The van der Waals surface area contributed by atoms with Gasteiger partial charge in [0.2, 0.25) is 0 Å². The van der Waals surface area contributed by atoms with Crippen LogP contribution >= 0.6 is 0 Å². The van der Waals surface area contributed by atoms with Gasteiger partial charge in [0.1, 0.15) is 0 Å². The Morgan fingerprint density at radius 2 is 0.410 bits per heavy atom. The lowest BCUT2D eigenvalue weighted by Gasteiger charge is -2.05. The Balaban J connectivity index is 0.000000619. The second kappa shape index (κ2) is 60.5. The zero-order valence-corrected chi connectivity index (χ0v) is 67.3. The molecule has 0 amide bonds. The topological polar surface area (TPSA) is 38.7 Å². The van der Waals surface area contributed by atoms with Crippen molar-refractivity contribution in [2.75, 3.05) is 0 Å². The molecule has 1 aliphatic rings. The number of rotatable bonds is 8. The maximum absolute atomic E-state index is 4.71. The van der Waals surface area contributed by atoms with Crippen LogP contribution in [-0.4, -0.2) is 15.0 Å². The molecule has 0 radical (unpaired) electrons. The number of hydrogen-bond donors (Lipinski definition) is 0. The van der Waals surface area contributed by atoms with Crippen LogP contribution in [0.2, 0.25) is 0 Å². The standard InChI is InChI=1S/C18H14.3C17H13N.C13H10.10C2H6/c1-3-8-15(9-4-1)17-12-7-13-18(14-17)16-10-5-2-6-11-16;1-3-8-14(9-4-1)16-12-7-13-17(18-16)15-10-5-2-6-11-15;1-3-7-14(8-4-1)16-11-17(13-18-12-16)15-9-5-2-6-10-15;1-3-7-14(8-4-1)16-11-12-18-17(13-16)15-9-5-2-6-10-15;1-3-7-12-10(5-1)9-11-6-2-4-8-13(11)12;10*1-2/h1-14H;3*1-13H;1-8H,9H2;10*1-2H3. The van der Waals surface area contributed by atoms with E-state index in [2.05, 4.69) is 234 Å². The Labute approximate surface area is 638 Å². The summed E-state index contributed by atoms with van der Waals surface area (Å²) in [6.07, 6.45) is 6.78. The first-order chi connectivity index (χ1) is 52.2. The zero-order valence-electron chi connectivity index (χ0n) is 67.3. The molecule has 0 spiro atoms. The van der Waals surface area contributed by atoms with Gasteiger partial charge in [-0.15, -0.1) is 0 Å². The summed E-state index contributed by atoms with van der Waals surface area (Å²) in [5.41, 5.74) is 24.4. The van der Waals surface area contributed by atoms with Gasteiger partial charge in [0, 0.05) is 46.4 Å². The Morgan fingerprint density at radius 1 is 0.181 bits per heavy atom. The molecule has 3 aromatic heterocycles. The molecular weight excluding hydrogens is 1270 g/mol. The fourth-order valence-corrected chi connectivity index (χ4v) is 10.2. The van der Waals surface area contributed by atoms with Gasteiger partial charge < -0.3 is 0 Å². The maximum atomic E-state index is 4.71. The van der Waals surface area contributed by atoms with E-state index in [-0.39, 0.29) is 0 Å². The lowest BCUT2D eigenvalue weighted by atomic mass is 9.99. The Bertz CT molecular complexity index is 3540. The largest absolute Gasteiger partial charge is 0.263 e. The highest BCUT2D eigenvalue weighted by Gasteiger charge is 2.16. The average molecular weight is 1390 g/mol. The van der Waals surface area contributed by atoms with Crippen molar-refractivity contribution in [3.05, 3.63) is 382 Å². The molecule has 0 fully saturated rings. The van der Waals surface area contributed by atoms with E-state index in [1.165, 1.54) is 66.8 Å². The van der Waals surface area contributed by atoms with Crippen molar-refractivity contribution in [2.24, 2.45) is 0 Å². The predicted molar refractivity (Wildman–Crippen MR) is 471 cm³/mol. The molecule has 546 valence electrons. The quantitative estimate of drug-likeness (QED) is 0.152. The van der Waals surface area contributed by atoms with E-state index < -0.39 is 0 Å². The number of hydrogen-bond acceptors (Lipinski definition) is 3. The van der Waals surface area contributed by atoms with Crippen molar-refractivity contribution >= 4 is 0 Å². The molecule has 105 heavy (non-hydrogen) atoms. The van der Waals surface area contributed by atoms with Crippen LogP contribution in [0.25, 0.3) is 101 Å². The predicted octanol–water partition coefficient (Wildman–Crippen LogP) is 31.8. The minimum Gasteiger partial charge on any atom is -0.263 e. The fourth-order valence-electron chi connectivity index (χ4n) is 10.2. The van der Waals surface area contributed by atoms with Gasteiger partial charge in [0.25, 0.3) is 0 Å². The lowest BCUT2D eigenvalue weighted by molar-refractivity contribution is 1.26. The number of pyridine rings is 3. The summed E-state index contributed by atoms with van der Waals surface area (Å²) in [4.78, 5) is 13.5. The Morgan fingerprint density at radius 3 is 0.724 bits per heavy atom. The SMILES string of the molecule is CC.CC.CC.CC.CC.CC.CC.CC.CC.CC.c1ccc(-c2cccc(-c3ccccc3)c2)cc1.c1ccc(-c2cccc(-c3ccccc3)n2)cc1.c1ccc(-c2ccnc(-c3ccccc3)c2)cc1.c1ccc(-c2cncc(-c3ccccc3)c2)cc1.c1ccc2c(c1)Cc1ccccc1-2. The molecule has 0 atom stereocenters. The van der Waals surface area contributed by atoms with Gasteiger partial charge in [0.15, 0.2) is 0 Å². The molecule has 0 saturated heterocycles. The van der Waals surface area contributed by atoms with Gasteiger partial charge in [-0.3, -0.25) is 9.97 Å². The van der Waals surface area contributed by atoms with Crippen molar-refractivity contribution in [1.82, 2.24) is 15.0 Å². The van der Waals surface area contributed by atoms with E-state index in [1.54, 1.807) is 0 Å². The lowest BCUT2D eigenvalue weighted by Crippen LogP contribution is -1.87. The molecule has 15 rings (SSSR count). The maximum Gasteiger partial charge on any atom is 0.0709 e. The van der Waals surface area contributed by atoms with Crippen LogP contribution < -0.4 is 0 Å². The molecule has 3 heterocycles. The minimum atomic E-state index is 1.01. The second-order valence-corrected chi connectivity index (χ2v) is 20.3. The molecule has 14 aromatic rings. The molecule has 0 N–H and O–H groups in total. The highest BCUT2D eigenvalue weighted by molar-refractivity contribution is 5.77. The normalized spacial score (nSPS) is 9.10. The Kier molecular flexibility index (Phi) is 52.9. The summed E-state index contributed by atoms with van der Waals surface area (Å²) >= 11 is 0.